The number of carbonyl (C=O) groups is 2. The minimum absolute atomic E-state index is 0.0473. The van der Waals surface area contributed by atoms with E-state index in [1.165, 1.54) is 173 Å². The van der Waals surface area contributed by atoms with Gasteiger partial charge in [0.1, 0.15) is 6.61 Å². The summed E-state index contributed by atoms with van der Waals surface area (Å²) in [5.41, 5.74) is 5.39. The molecule has 0 aromatic carbocycles. The lowest BCUT2D eigenvalue weighted by atomic mass is 10.0. The van der Waals surface area contributed by atoms with Gasteiger partial charge in [0, 0.05) is 19.4 Å². The number of allylic oxidation sites excluding steroid dienone is 14. The molecule has 0 spiro atoms. The van der Waals surface area contributed by atoms with Crippen molar-refractivity contribution in [3.05, 3.63) is 85.1 Å². The topological polar surface area (TPSA) is 134 Å². The molecule has 9 nitrogen and oxygen atoms in total. The zero-order chi connectivity index (χ0) is 55.9. The van der Waals surface area contributed by atoms with Crippen molar-refractivity contribution < 1.29 is 37.6 Å². The molecule has 0 saturated carbocycles. The fraction of sp³-hybridized carbons (Fsp3) is 0.761. The van der Waals surface area contributed by atoms with Crippen LogP contribution < -0.4 is 5.73 Å². The standard InChI is InChI=1S/C67H120NO8P/c1-3-5-7-9-11-13-15-17-19-21-23-25-26-27-28-29-30-31-32-33-34-35-36-37-38-40-41-43-45-47-49-51-53-55-57-59-66(69)73-63-65(64-75-77(71,72)74-62-61-68)76-67(70)60-58-56-54-52-50-48-46-44-42-39-24-22-20-18-16-14-12-10-8-6-4-2/h6,8,12,14-15,17-18,20-21,23-24,39,44,46,65H,3-5,7,9-11,13,16,19,22,25-38,40-43,45,47-64,68H2,1-2H3,(H,71,72)/b8-6-,14-12-,17-15-,20-18-,23-21-,39-24-,46-44-. The highest BCUT2D eigenvalue weighted by atomic mass is 31.2. The van der Waals surface area contributed by atoms with Crippen molar-refractivity contribution in [1.29, 1.82) is 0 Å². The number of ether oxygens (including phenoxy) is 2. The predicted molar refractivity (Wildman–Crippen MR) is 330 cm³/mol. The molecule has 0 saturated heterocycles. The third kappa shape index (κ3) is 62.3. The Kier molecular flexibility index (Phi) is 60.1. The summed E-state index contributed by atoms with van der Waals surface area (Å²) < 4.78 is 33.1. The number of phosphoric acid groups is 1. The lowest BCUT2D eigenvalue weighted by molar-refractivity contribution is -0.161. The van der Waals surface area contributed by atoms with E-state index in [2.05, 4.69) is 98.9 Å². The predicted octanol–water partition coefficient (Wildman–Crippen LogP) is 20.6. The Morgan fingerprint density at radius 2 is 0.714 bits per heavy atom. The van der Waals surface area contributed by atoms with E-state index in [0.717, 1.165) is 89.9 Å². The van der Waals surface area contributed by atoms with E-state index in [-0.39, 0.29) is 38.6 Å². The quantitative estimate of drug-likeness (QED) is 0.0264. The van der Waals surface area contributed by atoms with Gasteiger partial charge in [-0.05, 0) is 89.9 Å². The number of hydrogen-bond acceptors (Lipinski definition) is 8. The SMILES string of the molecule is CC/C=C\C/C=C\C/C=C\C/C=C\C/C=C\CCCCCCCC(=O)OC(COC(=O)CCCCCCCCCCCCCCCCCCCCCCCCC/C=C\C/C=C\CCCCCCC)COP(=O)(O)OCCN. The van der Waals surface area contributed by atoms with Gasteiger partial charge in [-0.1, -0.05) is 279 Å². The van der Waals surface area contributed by atoms with E-state index in [4.69, 9.17) is 24.3 Å². The highest BCUT2D eigenvalue weighted by molar-refractivity contribution is 7.47. The molecule has 0 radical (unpaired) electrons. The molecular formula is C67H120NO8P. The van der Waals surface area contributed by atoms with Crippen LogP contribution in [0.2, 0.25) is 0 Å². The van der Waals surface area contributed by atoms with Gasteiger partial charge < -0.3 is 20.1 Å². The second-order valence-electron chi connectivity index (χ2n) is 21.2. The molecule has 2 unspecified atom stereocenters. The molecule has 0 rings (SSSR count). The van der Waals surface area contributed by atoms with Gasteiger partial charge in [-0.15, -0.1) is 0 Å². The first kappa shape index (κ1) is 74.2. The minimum atomic E-state index is -4.40. The molecule has 0 aliphatic heterocycles. The molecule has 0 heterocycles. The van der Waals surface area contributed by atoms with Gasteiger partial charge in [0.05, 0.1) is 13.2 Å². The van der Waals surface area contributed by atoms with Gasteiger partial charge in [-0.25, -0.2) is 4.57 Å². The first-order chi connectivity index (χ1) is 37.8. The largest absolute Gasteiger partial charge is 0.472 e. The molecule has 446 valence electrons. The third-order valence-electron chi connectivity index (χ3n) is 13.8. The maximum absolute atomic E-state index is 12.7. The van der Waals surface area contributed by atoms with E-state index in [0.29, 0.717) is 6.42 Å². The Balaban J connectivity index is 3.87. The van der Waals surface area contributed by atoms with Gasteiger partial charge in [0.25, 0.3) is 0 Å². The molecule has 0 fully saturated rings. The van der Waals surface area contributed by atoms with E-state index < -0.39 is 26.5 Å². The van der Waals surface area contributed by atoms with Gasteiger partial charge in [-0.2, -0.15) is 0 Å². The average molecular weight is 1100 g/mol. The maximum atomic E-state index is 12.7. The Bertz CT molecular complexity index is 1530. The van der Waals surface area contributed by atoms with Crippen molar-refractivity contribution in [3.8, 4) is 0 Å². The summed E-state index contributed by atoms with van der Waals surface area (Å²) in [4.78, 5) is 35.2. The minimum Gasteiger partial charge on any atom is -0.462 e. The van der Waals surface area contributed by atoms with Crippen LogP contribution in [0, 0.1) is 0 Å². The van der Waals surface area contributed by atoms with Gasteiger partial charge in [0.2, 0.25) is 0 Å². The van der Waals surface area contributed by atoms with Gasteiger partial charge in [0.15, 0.2) is 6.10 Å². The first-order valence-electron chi connectivity index (χ1n) is 32.1. The summed E-state index contributed by atoms with van der Waals surface area (Å²) >= 11 is 0. The van der Waals surface area contributed by atoms with Crippen LogP contribution in [-0.4, -0.2) is 49.3 Å². The highest BCUT2D eigenvalue weighted by Gasteiger charge is 2.26. The molecule has 0 aromatic heterocycles. The summed E-state index contributed by atoms with van der Waals surface area (Å²) in [6.07, 6.45) is 82.4. The lowest BCUT2D eigenvalue weighted by Gasteiger charge is -2.19. The average Bonchev–Trinajstić information content (AvgIpc) is 3.42. The normalized spacial score (nSPS) is 13.6. The van der Waals surface area contributed by atoms with Crippen LogP contribution in [0.3, 0.4) is 0 Å². The van der Waals surface area contributed by atoms with Crippen LogP contribution >= 0.6 is 7.82 Å². The highest BCUT2D eigenvalue weighted by Crippen LogP contribution is 2.43. The molecule has 0 amide bonds. The Hall–Kier alpha value is -2.81. The van der Waals surface area contributed by atoms with Gasteiger partial charge in [-0.3, -0.25) is 18.6 Å². The molecule has 10 heteroatoms. The van der Waals surface area contributed by atoms with Gasteiger partial charge >= 0.3 is 19.8 Å². The number of carbonyl (C=O) groups excluding carboxylic acids is 2. The summed E-state index contributed by atoms with van der Waals surface area (Å²) in [7, 11) is -4.40. The van der Waals surface area contributed by atoms with E-state index in [1.807, 2.05) is 0 Å². The van der Waals surface area contributed by atoms with Crippen LogP contribution in [0.5, 0.6) is 0 Å². The Morgan fingerprint density at radius 3 is 1.06 bits per heavy atom. The number of nitrogens with two attached hydrogens (primary N) is 1. The van der Waals surface area contributed by atoms with E-state index in [9.17, 15) is 19.0 Å². The molecule has 0 aliphatic rings. The fourth-order valence-electron chi connectivity index (χ4n) is 9.05. The molecule has 77 heavy (non-hydrogen) atoms. The number of esters is 2. The van der Waals surface area contributed by atoms with Crippen molar-refractivity contribution in [2.45, 2.75) is 302 Å². The van der Waals surface area contributed by atoms with E-state index in [1.54, 1.807) is 0 Å². The first-order valence-corrected chi connectivity index (χ1v) is 33.6. The summed E-state index contributed by atoms with van der Waals surface area (Å²) in [5.74, 6) is -0.843. The van der Waals surface area contributed by atoms with Crippen molar-refractivity contribution in [3.63, 3.8) is 0 Å². The fourth-order valence-corrected chi connectivity index (χ4v) is 9.81. The van der Waals surface area contributed by atoms with Crippen molar-refractivity contribution >= 4 is 19.8 Å². The molecule has 0 aliphatic carbocycles. The molecule has 3 N–H and O–H groups in total. The Morgan fingerprint density at radius 1 is 0.403 bits per heavy atom. The van der Waals surface area contributed by atoms with Crippen LogP contribution in [0.25, 0.3) is 0 Å². The lowest BCUT2D eigenvalue weighted by Crippen LogP contribution is -2.29. The Labute approximate surface area is 474 Å². The van der Waals surface area contributed by atoms with E-state index >= 15 is 0 Å². The van der Waals surface area contributed by atoms with Crippen molar-refractivity contribution in [2.24, 2.45) is 5.73 Å². The summed E-state index contributed by atoms with van der Waals surface area (Å²) in [6, 6.07) is 0. The molecule has 0 bridgehead atoms. The van der Waals surface area contributed by atoms with Crippen LogP contribution in [0.15, 0.2) is 85.1 Å². The second-order valence-corrected chi connectivity index (χ2v) is 22.7. The van der Waals surface area contributed by atoms with Crippen LogP contribution in [0.4, 0.5) is 0 Å². The maximum Gasteiger partial charge on any atom is 0.472 e. The number of rotatable bonds is 60. The zero-order valence-electron chi connectivity index (χ0n) is 49.9. The number of hydrogen-bond donors (Lipinski definition) is 2. The second kappa shape index (κ2) is 62.4. The van der Waals surface area contributed by atoms with Crippen molar-refractivity contribution in [1.82, 2.24) is 0 Å². The van der Waals surface area contributed by atoms with Crippen LogP contribution in [0.1, 0.15) is 296 Å². The monoisotopic (exact) mass is 1100 g/mol. The molecule has 2 atom stereocenters. The van der Waals surface area contributed by atoms with Crippen LogP contribution in [-0.2, 0) is 32.7 Å². The zero-order valence-corrected chi connectivity index (χ0v) is 50.8. The smallest absolute Gasteiger partial charge is 0.462 e. The molecule has 0 aromatic rings. The number of unbranched alkanes of at least 4 members (excludes halogenated alkanes) is 33. The third-order valence-corrected chi connectivity index (χ3v) is 14.7. The van der Waals surface area contributed by atoms with Crippen molar-refractivity contribution in [2.75, 3.05) is 26.4 Å². The molecular weight excluding hydrogens is 978 g/mol. The summed E-state index contributed by atoms with van der Waals surface area (Å²) in [6.45, 7) is 3.62. The summed E-state index contributed by atoms with van der Waals surface area (Å²) in [5, 5.41) is 0. The number of phosphoric ester groups is 1.